The van der Waals surface area contributed by atoms with E-state index in [-0.39, 0.29) is 24.0 Å². The Bertz CT molecular complexity index is 944. The van der Waals surface area contributed by atoms with Crippen molar-refractivity contribution in [3.8, 4) is 0 Å². The molecule has 1 aliphatic heterocycles. The van der Waals surface area contributed by atoms with Crippen LogP contribution in [0.4, 0.5) is 0 Å². The Morgan fingerprint density at radius 2 is 1.93 bits per heavy atom. The highest BCUT2D eigenvalue weighted by molar-refractivity contribution is 14.0. The van der Waals surface area contributed by atoms with E-state index in [4.69, 9.17) is 0 Å². The lowest BCUT2D eigenvalue weighted by Crippen LogP contribution is -2.43. The summed E-state index contributed by atoms with van der Waals surface area (Å²) in [6.07, 6.45) is 5.30. The summed E-state index contributed by atoms with van der Waals surface area (Å²) in [4.78, 5) is 14.8. The van der Waals surface area contributed by atoms with Gasteiger partial charge in [0.15, 0.2) is 5.96 Å². The largest absolute Gasteiger partial charge is 0.356 e. The van der Waals surface area contributed by atoms with Crippen LogP contribution in [0.1, 0.15) is 24.2 Å². The lowest BCUT2D eigenvalue weighted by molar-refractivity contribution is 0.439. The number of fused-ring (bicyclic) bond motifs is 1. The average molecular weight is 501 g/mol. The number of hydrogen-bond donors (Lipinski definition) is 2. The number of H-pyrrole nitrogens is 1. The smallest absolute Gasteiger partial charge is 0.193 e. The number of imidazole rings is 1. The minimum absolute atomic E-state index is 0. The molecule has 0 aliphatic carbocycles. The summed E-state index contributed by atoms with van der Waals surface area (Å²) in [7, 11) is 1.86. The number of nitrogens with one attached hydrogen (secondary N) is 2. The number of nitrogens with zero attached hydrogens (tertiary/aromatic N) is 3. The standard InChI is InChI=1S/C23H27N5.HI/c1-24-23(28-16-13-19(14-17-28)18-8-3-2-4-9-18)25-15-7-12-22-26-20-10-5-6-11-21(20)27-22;/h2-6,8-11,13H,7,12,14-17H2,1H3,(H,24,25)(H,26,27);1H. The van der Waals surface area contributed by atoms with Crippen LogP contribution in [0.15, 0.2) is 65.7 Å². The zero-order chi connectivity index (χ0) is 19.2. The van der Waals surface area contributed by atoms with Crippen LogP contribution in [-0.4, -0.2) is 47.5 Å². The van der Waals surface area contributed by atoms with Gasteiger partial charge in [0.05, 0.1) is 11.0 Å². The van der Waals surface area contributed by atoms with Gasteiger partial charge in [-0.2, -0.15) is 0 Å². The topological polar surface area (TPSA) is 56.3 Å². The third-order valence-corrected chi connectivity index (χ3v) is 5.18. The zero-order valence-corrected chi connectivity index (χ0v) is 19.1. The van der Waals surface area contributed by atoms with E-state index in [0.29, 0.717) is 0 Å². The first-order chi connectivity index (χ1) is 13.8. The fraction of sp³-hybridized carbons (Fsp3) is 0.304. The number of halogens is 1. The highest BCUT2D eigenvalue weighted by atomic mass is 127. The zero-order valence-electron chi connectivity index (χ0n) is 16.8. The second-order valence-corrected chi connectivity index (χ2v) is 7.07. The number of benzene rings is 2. The number of guanidine groups is 1. The molecule has 1 aromatic heterocycles. The molecule has 0 saturated carbocycles. The Morgan fingerprint density at radius 3 is 2.66 bits per heavy atom. The van der Waals surface area contributed by atoms with Crippen LogP contribution in [0.2, 0.25) is 0 Å². The van der Waals surface area contributed by atoms with Gasteiger partial charge in [0.25, 0.3) is 0 Å². The van der Waals surface area contributed by atoms with E-state index in [1.54, 1.807) is 0 Å². The third kappa shape index (κ3) is 5.38. The highest BCUT2D eigenvalue weighted by Crippen LogP contribution is 2.22. The molecule has 0 spiro atoms. The predicted molar refractivity (Wildman–Crippen MR) is 132 cm³/mol. The van der Waals surface area contributed by atoms with Gasteiger partial charge in [-0.1, -0.05) is 48.5 Å². The monoisotopic (exact) mass is 501 g/mol. The van der Waals surface area contributed by atoms with Gasteiger partial charge >= 0.3 is 0 Å². The van der Waals surface area contributed by atoms with E-state index in [2.05, 4.69) is 67.7 Å². The molecule has 5 nitrogen and oxygen atoms in total. The van der Waals surface area contributed by atoms with Crippen molar-refractivity contribution in [1.82, 2.24) is 20.2 Å². The maximum atomic E-state index is 4.64. The molecule has 0 saturated heterocycles. The molecule has 3 aromatic rings. The van der Waals surface area contributed by atoms with Gasteiger partial charge in [-0.15, -0.1) is 24.0 Å². The van der Waals surface area contributed by atoms with Crippen molar-refractivity contribution in [2.24, 2.45) is 4.99 Å². The summed E-state index contributed by atoms with van der Waals surface area (Å²) in [6.45, 7) is 2.77. The minimum Gasteiger partial charge on any atom is -0.356 e. The van der Waals surface area contributed by atoms with Crippen molar-refractivity contribution < 1.29 is 0 Å². The van der Waals surface area contributed by atoms with Crippen molar-refractivity contribution in [2.45, 2.75) is 19.3 Å². The summed E-state index contributed by atoms with van der Waals surface area (Å²) < 4.78 is 0. The number of para-hydroxylation sites is 2. The van der Waals surface area contributed by atoms with Crippen LogP contribution >= 0.6 is 24.0 Å². The van der Waals surface area contributed by atoms with Crippen LogP contribution < -0.4 is 5.32 Å². The average Bonchev–Trinajstić information content (AvgIpc) is 3.17. The molecule has 2 aromatic carbocycles. The van der Waals surface area contributed by atoms with E-state index < -0.39 is 0 Å². The summed E-state index contributed by atoms with van der Waals surface area (Å²) in [5.74, 6) is 2.03. The number of aliphatic imine (C=N–C) groups is 1. The number of aromatic nitrogens is 2. The number of aromatic amines is 1. The van der Waals surface area contributed by atoms with Gasteiger partial charge in [-0.25, -0.2) is 4.98 Å². The van der Waals surface area contributed by atoms with Crippen LogP contribution in [0.3, 0.4) is 0 Å². The Hall–Kier alpha value is -2.35. The van der Waals surface area contributed by atoms with E-state index in [1.165, 1.54) is 11.1 Å². The first-order valence-electron chi connectivity index (χ1n) is 9.97. The molecule has 0 bridgehead atoms. The summed E-state index contributed by atoms with van der Waals surface area (Å²) in [5, 5.41) is 3.50. The SMILES string of the molecule is CN=C(NCCCc1nc2ccccc2[nH]1)N1CC=C(c2ccccc2)CC1.I. The van der Waals surface area contributed by atoms with Gasteiger partial charge in [-0.3, -0.25) is 4.99 Å². The Kier molecular flexibility index (Phi) is 7.69. The van der Waals surface area contributed by atoms with Crippen molar-refractivity contribution in [3.63, 3.8) is 0 Å². The third-order valence-electron chi connectivity index (χ3n) is 5.18. The van der Waals surface area contributed by atoms with E-state index >= 15 is 0 Å². The van der Waals surface area contributed by atoms with Crippen LogP contribution in [0.5, 0.6) is 0 Å². The summed E-state index contributed by atoms with van der Waals surface area (Å²) in [5.41, 5.74) is 4.90. The van der Waals surface area contributed by atoms with E-state index in [1.807, 2.05) is 25.2 Å². The summed E-state index contributed by atoms with van der Waals surface area (Å²) in [6, 6.07) is 18.8. The number of hydrogen-bond acceptors (Lipinski definition) is 2. The van der Waals surface area contributed by atoms with Gasteiger partial charge in [0, 0.05) is 33.1 Å². The highest BCUT2D eigenvalue weighted by Gasteiger charge is 2.15. The molecule has 0 unspecified atom stereocenters. The van der Waals surface area contributed by atoms with Gasteiger partial charge in [0.1, 0.15) is 5.82 Å². The first kappa shape index (κ1) is 21.4. The van der Waals surface area contributed by atoms with E-state index in [9.17, 15) is 0 Å². The quantitative estimate of drug-likeness (QED) is 0.235. The maximum absolute atomic E-state index is 4.64. The Morgan fingerprint density at radius 1 is 1.14 bits per heavy atom. The molecule has 2 heterocycles. The molecule has 4 rings (SSSR count). The molecule has 1 aliphatic rings. The van der Waals surface area contributed by atoms with Crippen molar-refractivity contribution in [3.05, 3.63) is 72.1 Å². The minimum atomic E-state index is 0. The molecule has 0 amide bonds. The van der Waals surface area contributed by atoms with Gasteiger partial charge in [0.2, 0.25) is 0 Å². The molecule has 6 heteroatoms. The second kappa shape index (κ2) is 10.4. The molecular weight excluding hydrogens is 473 g/mol. The predicted octanol–water partition coefficient (Wildman–Crippen LogP) is 4.48. The maximum Gasteiger partial charge on any atom is 0.193 e. The molecule has 2 N–H and O–H groups in total. The molecule has 29 heavy (non-hydrogen) atoms. The Labute approximate surface area is 189 Å². The van der Waals surface area contributed by atoms with Gasteiger partial charge < -0.3 is 15.2 Å². The van der Waals surface area contributed by atoms with Crippen LogP contribution in [0, 0.1) is 0 Å². The molecular formula is C23H28IN5. The fourth-order valence-corrected chi connectivity index (χ4v) is 3.69. The van der Waals surface area contributed by atoms with Crippen molar-refractivity contribution in [1.29, 1.82) is 0 Å². The van der Waals surface area contributed by atoms with Crippen molar-refractivity contribution >= 4 is 46.5 Å². The fourth-order valence-electron chi connectivity index (χ4n) is 3.69. The molecule has 0 atom stereocenters. The Balaban J connectivity index is 0.00000240. The molecule has 0 radical (unpaired) electrons. The van der Waals surface area contributed by atoms with E-state index in [0.717, 1.165) is 61.7 Å². The summed E-state index contributed by atoms with van der Waals surface area (Å²) >= 11 is 0. The van der Waals surface area contributed by atoms with Gasteiger partial charge in [-0.05, 0) is 36.1 Å². The lowest BCUT2D eigenvalue weighted by atomic mass is 10.00. The first-order valence-corrected chi connectivity index (χ1v) is 9.97. The number of aryl methyl sites for hydroxylation is 1. The normalized spacial score (nSPS) is 14.4. The van der Waals surface area contributed by atoms with Crippen molar-refractivity contribution in [2.75, 3.05) is 26.7 Å². The van der Waals surface area contributed by atoms with Crippen LogP contribution in [0.25, 0.3) is 16.6 Å². The second-order valence-electron chi connectivity index (χ2n) is 7.07. The lowest BCUT2D eigenvalue weighted by Gasteiger charge is -2.29. The molecule has 152 valence electrons. The molecule has 0 fully saturated rings. The van der Waals surface area contributed by atoms with Crippen LogP contribution in [-0.2, 0) is 6.42 Å². The number of rotatable bonds is 5.